The number of furan rings is 1. The van der Waals surface area contributed by atoms with E-state index in [-0.39, 0.29) is 24.1 Å². The molecule has 152 valence electrons. The summed E-state index contributed by atoms with van der Waals surface area (Å²) in [5.41, 5.74) is 2.41. The highest BCUT2D eigenvalue weighted by atomic mass is 16.3. The van der Waals surface area contributed by atoms with Gasteiger partial charge in [0.2, 0.25) is 5.91 Å². The number of carbonyl (C=O) groups is 2. The van der Waals surface area contributed by atoms with Crippen molar-refractivity contribution in [3.63, 3.8) is 0 Å². The Hall–Kier alpha value is -3.87. The van der Waals surface area contributed by atoms with Crippen LogP contribution in [-0.4, -0.2) is 28.4 Å². The Balaban J connectivity index is 1.63. The van der Waals surface area contributed by atoms with Crippen molar-refractivity contribution in [2.75, 3.05) is 11.9 Å². The van der Waals surface area contributed by atoms with Crippen LogP contribution in [0.15, 0.2) is 77.4 Å². The van der Waals surface area contributed by atoms with Crippen LogP contribution in [0.25, 0.3) is 11.0 Å². The molecule has 0 saturated carbocycles. The molecule has 2 aromatic carbocycles. The molecule has 7 heteroatoms. The molecule has 0 spiro atoms. The average Bonchev–Trinajstić information content (AvgIpc) is 3.43. The molecule has 0 radical (unpaired) electrons. The molecule has 0 bridgehead atoms. The second-order valence-corrected chi connectivity index (χ2v) is 7.01. The number of likely N-dealkylation sites (N-methyl/N-ethyl adjacent to an activating group) is 1. The third kappa shape index (κ3) is 3.82. The highest BCUT2D eigenvalue weighted by molar-refractivity contribution is 5.94. The maximum Gasteiger partial charge on any atom is 0.287 e. The van der Waals surface area contributed by atoms with Gasteiger partial charge in [0.05, 0.1) is 23.3 Å². The van der Waals surface area contributed by atoms with E-state index in [0.717, 1.165) is 16.7 Å². The molecule has 0 fully saturated rings. The monoisotopic (exact) mass is 402 g/mol. The first-order valence-corrected chi connectivity index (χ1v) is 9.65. The SMILES string of the molecule is CC(NC(=O)c1ccco1)c1nc2ccccc2n1CC(=O)N(C)c1ccccc1. The van der Waals surface area contributed by atoms with Crippen molar-refractivity contribution in [2.45, 2.75) is 19.5 Å². The van der Waals surface area contributed by atoms with Gasteiger partial charge in [0.1, 0.15) is 12.4 Å². The van der Waals surface area contributed by atoms with Crippen molar-refractivity contribution in [1.29, 1.82) is 0 Å². The Morgan fingerprint density at radius 1 is 1.07 bits per heavy atom. The lowest BCUT2D eigenvalue weighted by molar-refractivity contribution is -0.118. The molecule has 2 amide bonds. The number of hydrogen-bond acceptors (Lipinski definition) is 4. The van der Waals surface area contributed by atoms with Crippen LogP contribution in [0.1, 0.15) is 29.3 Å². The van der Waals surface area contributed by atoms with Gasteiger partial charge in [0.15, 0.2) is 5.76 Å². The summed E-state index contributed by atoms with van der Waals surface area (Å²) in [4.78, 5) is 31.7. The molecule has 2 aromatic heterocycles. The van der Waals surface area contributed by atoms with Crippen molar-refractivity contribution in [3.05, 3.63) is 84.6 Å². The predicted molar refractivity (Wildman–Crippen MR) is 114 cm³/mol. The van der Waals surface area contributed by atoms with Crippen LogP contribution in [0, 0.1) is 0 Å². The number of nitrogens with zero attached hydrogens (tertiary/aromatic N) is 3. The maximum absolute atomic E-state index is 13.0. The van der Waals surface area contributed by atoms with Gasteiger partial charge in [0.25, 0.3) is 5.91 Å². The number of para-hydroxylation sites is 3. The van der Waals surface area contributed by atoms with Gasteiger partial charge in [-0.1, -0.05) is 30.3 Å². The number of rotatable bonds is 6. The molecular formula is C23H22N4O3. The quantitative estimate of drug-likeness (QED) is 0.532. The fraction of sp³-hybridized carbons (Fsp3) is 0.174. The van der Waals surface area contributed by atoms with E-state index >= 15 is 0 Å². The van der Waals surface area contributed by atoms with E-state index < -0.39 is 6.04 Å². The fourth-order valence-corrected chi connectivity index (χ4v) is 3.37. The van der Waals surface area contributed by atoms with Gasteiger partial charge in [0, 0.05) is 12.7 Å². The van der Waals surface area contributed by atoms with Gasteiger partial charge >= 0.3 is 0 Å². The number of fused-ring (bicyclic) bond motifs is 1. The number of hydrogen-bond donors (Lipinski definition) is 1. The smallest absolute Gasteiger partial charge is 0.287 e. The van der Waals surface area contributed by atoms with Crippen LogP contribution in [-0.2, 0) is 11.3 Å². The highest BCUT2D eigenvalue weighted by Crippen LogP contribution is 2.22. The predicted octanol–water partition coefficient (Wildman–Crippen LogP) is 3.78. The zero-order chi connectivity index (χ0) is 21.1. The number of aromatic nitrogens is 2. The van der Waals surface area contributed by atoms with Crippen LogP contribution in [0.2, 0.25) is 0 Å². The van der Waals surface area contributed by atoms with Crippen molar-refractivity contribution >= 4 is 28.5 Å². The summed E-state index contributed by atoms with van der Waals surface area (Å²) >= 11 is 0. The van der Waals surface area contributed by atoms with Gasteiger partial charge in [-0.2, -0.15) is 0 Å². The summed E-state index contributed by atoms with van der Waals surface area (Å²) in [6.07, 6.45) is 1.45. The molecule has 0 aliphatic carbocycles. The summed E-state index contributed by atoms with van der Waals surface area (Å²) in [6.45, 7) is 1.94. The summed E-state index contributed by atoms with van der Waals surface area (Å²) in [5, 5.41) is 2.89. The summed E-state index contributed by atoms with van der Waals surface area (Å²) in [7, 11) is 1.75. The lowest BCUT2D eigenvalue weighted by Crippen LogP contribution is -2.33. The molecule has 4 rings (SSSR count). The summed E-state index contributed by atoms with van der Waals surface area (Å²) < 4.78 is 7.02. The van der Waals surface area contributed by atoms with Crippen LogP contribution in [0.5, 0.6) is 0 Å². The van der Waals surface area contributed by atoms with E-state index in [0.29, 0.717) is 5.82 Å². The number of nitrogens with one attached hydrogen (secondary N) is 1. The summed E-state index contributed by atoms with van der Waals surface area (Å²) in [5.74, 6) is 0.407. The molecule has 7 nitrogen and oxygen atoms in total. The zero-order valence-electron chi connectivity index (χ0n) is 16.8. The number of anilines is 1. The number of benzene rings is 2. The fourth-order valence-electron chi connectivity index (χ4n) is 3.37. The molecule has 1 atom stereocenters. The van der Waals surface area contributed by atoms with Gasteiger partial charge < -0.3 is 19.2 Å². The highest BCUT2D eigenvalue weighted by Gasteiger charge is 2.22. The van der Waals surface area contributed by atoms with E-state index in [1.165, 1.54) is 6.26 Å². The minimum Gasteiger partial charge on any atom is -0.459 e. The molecule has 1 unspecified atom stereocenters. The molecule has 2 heterocycles. The van der Waals surface area contributed by atoms with Crippen LogP contribution in [0.4, 0.5) is 5.69 Å². The van der Waals surface area contributed by atoms with Crippen LogP contribution < -0.4 is 10.2 Å². The Morgan fingerprint density at radius 2 is 1.80 bits per heavy atom. The van der Waals surface area contributed by atoms with Crippen molar-refractivity contribution in [2.24, 2.45) is 0 Å². The normalized spacial score (nSPS) is 11.9. The van der Waals surface area contributed by atoms with Gasteiger partial charge in [-0.25, -0.2) is 4.98 Å². The van der Waals surface area contributed by atoms with Crippen molar-refractivity contribution < 1.29 is 14.0 Å². The van der Waals surface area contributed by atoms with Crippen LogP contribution >= 0.6 is 0 Å². The third-order valence-electron chi connectivity index (χ3n) is 4.97. The van der Waals surface area contributed by atoms with E-state index in [1.807, 2.05) is 66.1 Å². The van der Waals surface area contributed by atoms with Gasteiger partial charge in [-0.15, -0.1) is 0 Å². The average molecular weight is 402 g/mol. The third-order valence-corrected chi connectivity index (χ3v) is 4.97. The Kier molecular flexibility index (Phi) is 5.34. The zero-order valence-corrected chi connectivity index (χ0v) is 16.8. The molecule has 0 aliphatic heterocycles. The summed E-state index contributed by atoms with van der Waals surface area (Å²) in [6, 6.07) is 19.9. The number of amides is 2. The first-order valence-electron chi connectivity index (χ1n) is 9.65. The first-order chi connectivity index (χ1) is 14.5. The first kappa shape index (κ1) is 19.4. The molecule has 0 aliphatic rings. The standard InChI is InChI=1S/C23H22N4O3/c1-16(24-23(29)20-13-8-14-30-20)22-25-18-11-6-7-12-19(18)27(22)15-21(28)26(2)17-9-4-3-5-10-17/h3-14,16H,15H2,1-2H3,(H,24,29). The minimum absolute atomic E-state index is 0.0878. The Morgan fingerprint density at radius 3 is 2.53 bits per heavy atom. The molecule has 0 saturated heterocycles. The van der Waals surface area contributed by atoms with E-state index in [1.54, 1.807) is 24.1 Å². The van der Waals surface area contributed by atoms with Gasteiger partial charge in [-0.05, 0) is 43.3 Å². The molecular weight excluding hydrogens is 380 g/mol. The van der Waals surface area contributed by atoms with Gasteiger partial charge in [-0.3, -0.25) is 9.59 Å². The van der Waals surface area contributed by atoms with E-state index in [4.69, 9.17) is 4.42 Å². The second-order valence-electron chi connectivity index (χ2n) is 7.01. The lowest BCUT2D eigenvalue weighted by Gasteiger charge is -2.20. The minimum atomic E-state index is -0.426. The topological polar surface area (TPSA) is 80.4 Å². The molecule has 30 heavy (non-hydrogen) atoms. The number of imidazole rings is 1. The van der Waals surface area contributed by atoms with Crippen LogP contribution in [0.3, 0.4) is 0 Å². The lowest BCUT2D eigenvalue weighted by atomic mass is 10.2. The van der Waals surface area contributed by atoms with E-state index in [2.05, 4.69) is 10.3 Å². The molecule has 4 aromatic rings. The largest absolute Gasteiger partial charge is 0.459 e. The Bertz CT molecular complexity index is 1170. The molecule has 1 N–H and O–H groups in total. The Labute approximate surface area is 173 Å². The maximum atomic E-state index is 13.0. The second kappa shape index (κ2) is 8.24. The van der Waals surface area contributed by atoms with Crippen molar-refractivity contribution in [3.8, 4) is 0 Å². The number of carbonyl (C=O) groups excluding carboxylic acids is 2. The van der Waals surface area contributed by atoms with E-state index in [9.17, 15) is 9.59 Å². The van der Waals surface area contributed by atoms with Crippen molar-refractivity contribution in [1.82, 2.24) is 14.9 Å².